The van der Waals surface area contributed by atoms with Crippen LogP contribution in [-0.4, -0.2) is 35.1 Å². The zero-order chi connectivity index (χ0) is 14.0. The molecular formula is C15H22N2O2. The largest absolute Gasteiger partial charge is 0.394 e. The Hall–Kier alpha value is -1.39. The summed E-state index contributed by atoms with van der Waals surface area (Å²) in [5.74, 6) is 0.211. The van der Waals surface area contributed by atoms with Gasteiger partial charge in [-0.05, 0) is 24.8 Å². The standard InChI is InChI=1S/C15H22N2O2/c1-11-8-9-17(13(11)10-18)14(19)15(2,16)12-6-4-3-5-7-12/h3-7,11,13,18H,8-10,16H2,1-2H3. The van der Waals surface area contributed by atoms with E-state index >= 15 is 0 Å². The van der Waals surface area contributed by atoms with Gasteiger partial charge in [-0.15, -0.1) is 0 Å². The molecule has 0 bridgehead atoms. The lowest BCUT2D eigenvalue weighted by atomic mass is 9.91. The Morgan fingerprint density at radius 1 is 1.47 bits per heavy atom. The summed E-state index contributed by atoms with van der Waals surface area (Å²) in [6.07, 6.45) is 0.918. The first-order valence-electron chi connectivity index (χ1n) is 6.74. The van der Waals surface area contributed by atoms with Crippen molar-refractivity contribution in [1.29, 1.82) is 0 Å². The van der Waals surface area contributed by atoms with Gasteiger partial charge in [-0.25, -0.2) is 0 Å². The lowest BCUT2D eigenvalue weighted by molar-refractivity contribution is -0.138. The van der Waals surface area contributed by atoms with E-state index in [9.17, 15) is 9.90 Å². The van der Waals surface area contributed by atoms with Crippen LogP contribution < -0.4 is 5.73 Å². The minimum Gasteiger partial charge on any atom is -0.394 e. The van der Waals surface area contributed by atoms with Gasteiger partial charge in [-0.2, -0.15) is 0 Å². The number of aliphatic hydroxyl groups excluding tert-OH is 1. The number of rotatable bonds is 3. The summed E-state index contributed by atoms with van der Waals surface area (Å²) in [6, 6.07) is 9.28. The maximum Gasteiger partial charge on any atom is 0.247 e. The van der Waals surface area contributed by atoms with E-state index < -0.39 is 5.54 Å². The van der Waals surface area contributed by atoms with Crippen LogP contribution in [0.5, 0.6) is 0 Å². The highest BCUT2D eigenvalue weighted by Gasteiger charge is 2.41. The number of hydrogen-bond acceptors (Lipinski definition) is 3. The Morgan fingerprint density at radius 3 is 2.68 bits per heavy atom. The number of carbonyl (C=O) groups excluding carboxylic acids is 1. The molecule has 3 unspecified atom stereocenters. The lowest BCUT2D eigenvalue weighted by Gasteiger charge is -2.33. The molecule has 1 aromatic rings. The fraction of sp³-hybridized carbons (Fsp3) is 0.533. The Kier molecular flexibility index (Phi) is 3.92. The van der Waals surface area contributed by atoms with E-state index in [0.717, 1.165) is 12.0 Å². The molecule has 4 nitrogen and oxygen atoms in total. The fourth-order valence-electron chi connectivity index (χ4n) is 2.74. The molecule has 19 heavy (non-hydrogen) atoms. The van der Waals surface area contributed by atoms with Crippen LogP contribution in [0.4, 0.5) is 0 Å². The molecule has 0 aliphatic carbocycles. The summed E-state index contributed by atoms with van der Waals surface area (Å²) in [7, 11) is 0. The molecule has 0 radical (unpaired) electrons. The highest BCUT2D eigenvalue weighted by Crippen LogP contribution is 2.29. The smallest absolute Gasteiger partial charge is 0.247 e. The summed E-state index contributed by atoms with van der Waals surface area (Å²) >= 11 is 0. The number of benzene rings is 1. The van der Waals surface area contributed by atoms with Gasteiger partial charge < -0.3 is 15.7 Å². The predicted octanol–water partition coefficient (Wildman–Crippen LogP) is 1.09. The van der Waals surface area contributed by atoms with Crippen molar-refractivity contribution in [2.45, 2.75) is 31.8 Å². The number of nitrogens with two attached hydrogens (primary N) is 1. The second-order valence-corrected chi connectivity index (χ2v) is 5.58. The van der Waals surface area contributed by atoms with Gasteiger partial charge in [0, 0.05) is 6.54 Å². The highest BCUT2D eigenvalue weighted by atomic mass is 16.3. The molecule has 104 valence electrons. The molecule has 2 rings (SSSR count). The third-order valence-electron chi connectivity index (χ3n) is 4.15. The molecule has 1 fully saturated rings. The lowest BCUT2D eigenvalue weighted by Crippen LogP contribution is -2.53. The monoisotopic (exact) mass is 262 g/mol. The normalized spacial score (nSPS) is 26.2. The van der Waals surface area contributed by atoms with Crippen LogP contribution in [0.3, 0.4) is 0 Å². The number of carbonyl (C=O) groups is 1. The predicted molar refractivity (Wildman–Crippen MR) is 74.3 cm³/mol. The summed E-state index contributed by atoms with van der Waals surface area (Å²) in [6.45, 7) is 4.47. The molecule has 3 N–H and O–H groups in total. The van der Waals surface area contributed by atoms with Gasteiger partial charge in [-0.1, -0.05) is 37.3 Å². The first-order chi connectivity index (χ1) is 8.98. The Balaban J connectivity index is 2.24. The molecule has 1 aliphatic heterocycles. The van der Waals surface area contributed by atoms with Crippen molar-refractivity contribution >= 4 is 5.91 Å². The Morgan fingerprint density at radius 2 is 2.11 bits per heavy atom. The van der Waals surface area contributed by atoms with Crippen LogP contribution in [0, 0.1) is 5.92 Å². The van der Waals surface area contributed by atoms with E-state index in [1.807, 2.05) is 30.3 Å². The summed E-state index contributed by atoms with van der Waals surface area (Å²) in [5, 5.41) is 9.46. The highest BCUT2D eigenvalue weighted by molar-refractivity contribution is 5.87. The Labute approximate surface area is 114 Å². The average molecular weight is 262 g/mol. The van der Waals surface area contributed by atoms with Gasteiger partial charge in [-0.3, -0.25) is 4.79 Å². The van der Waals surface area contributed by atoms with Crippen LogP contribution >= 0.6 is 0 Å². The van der Waals surface area contributed by atoms with E-state index in [-0.39, 0.29) is 18.6 Å². The minimum absolute atomic E-state index is 0.00221. The van der Waals surface area contributed by atoms with Gasteiger partial charge in [0.05, 0.1) is 12.6 Å². The molecule has 4 heteroatoms. The van der Waals surface area contributed by atoms with E-state index in [2.05, 4.69) is 6.92 Å². The summed E-state index contributed by atoms with van der Waals surface area (Å²) < 4.78 is 0. The van der Waals surface area contributed by atoms with E-state index in [1.54, 1.807) is 11.8 Å². The first-order valence-corrected chi connectivity index (χ1v) is 6.74. The van der Waals surface area contributed by atoms with Crippen molar-refractivity contribution in [2.75, 3.05) is 13.2 Å². The maximum absolute atomic E-state index is 12.7. The number of aliphatic hydroxyl groups is 1. The minimum atomic E-state index is -1.04. The molecule has 0 saturated carbocycles. The molecule has 1 saturated heterocycles. The molecule has 1 aliphatic rings. The molecule has 1 amide bonds. The van der Waals surface area contributed by atoms with E-state index in [4.69, 9.17) is 5.73 Å². The second kappa shape index (κ2) is 5.31. The van der Waals surface area contributed by atoms with Crippen molar-refractivity contribution in [1.82, 2.24) is 4.90 Å². The molecule has 0 spiro atoms. The zero-order valence-electron chi connectivity index (χ0n) is 11.5. The second-order valence-electron chi connectivity index (χ2n) is 5.58. The van der Waals surface area contributed by atoms with Gasteiger partial charge >= 0.3 is 0 Å². The van der Waals surface area contributed by atoms with Gasteiger partial charge in [0.2, 0.25) is 5.91 Å². The van der Waals surface area contributed by atoms with Crippen LogP contribution in [0.1, 0.15) is 25.8 Å². The number of hydrogen-bond donors (Lipinski definition) is 2. The first kappa shape index (κ1) is 14.0. The molecular weight excluding hydrogens is 240 g/mol. The molecule has 3 atom stereocenters. The van der Waals surface area contributed by atoms with Crippen LogP contribution in [0.25, 0.3) is 0 Å². The van der Waals surface area contributed by atoms with Crippen LogP contribution in [0.15, 0.2) is 30.3 Å². The van der Waals surface area contributed by atoms with Crippen LogP contribution in [-0.2, 0) is 10.3 Å². The van der Waals surface area contributed by atoms with Crippen LogP contribution in [0.2, 0.25) is 0 Å². The van der Waals surface area contributed by atoms with Gasteiger partial charge in [0.15, 0.2) is 0 Å². The third kappa shape index (κ3) is 2.51. The third-order valence-corrected chi connectivity index (χ3v) is 4.15. The number of amides is 1. The number of nitrogens with zero attached hydrogens (tertiary/aromatic N) is 1. The van der Waals surface area contributed by atoms with E-state index in [1.165, 1.54) is 0 Å². The maximum atomic E-state index is 12.7. The Bertz CT molecular complexity index is 445. The summed E-state index contributed by atoms with van der Waals surface area (Å²) in [5.41, 5.74) is 6.01. The zero-order valence-corrected chi connectivity index (χ0v) is 11.5. The number of likely N-dealkylation sites (tertiary alicyclic amines) is 1. The fourth-order valence-corrected chi connectivity index (χ4v) is 2.74. The topological polar surface area (TPSA) is 66.6 Å². The van der Waals surface area contributed by atoms with Crippen molar-refractivity contribution in [3.8, 4) is 0 Å². The molecule has 1 aromatic carbocycles. The van der Waals surface area contributed by atoms with Crippen molar-refractivity contribution in [3.05, 3.63) is 35.9 Å². The van der Waals surface area contributed by atoms with Gasteiger partial charge in [0.1, 0.15) is 5.54 Å². The molecule has 0 aromatic heterocycles. The quantitative estimate of drug-likeness (QED) is 0.857. The summed E-state index contributed by atoms with van der Waals surface area (Å²) in [4.78, 5) is 14.4. The van der Waals surface area contributed by atoms with E-state index in [0.29, 0.717) is 12.5 Å². The van der Waals surface area contributed by atoms with Crippen molar-refractivity contribution < 1.29 is 9.90 Å². The SMILES string of the molecule is CC1CCN(C(=O)C(C)(N)c2ccccc2)C1CO. The van der Waals surface area contributed by atoms with Crippen molar-refractivity contribution in [2.24, 2.45) is 11.7 Å². The molecule has 1 heterocycles. The average Bonchev–Trinajstić information content (AvgIpc) is 2.79. The van der Waals surface area contributed by atoms with Gasteiger partial charge in [0.25, 0.3) is 0 Å². The van der Waals surface area contributed by atoms with Crippen molar-refractivity contribution in [3.63, 3.8) is 0 Å².